The molecule has 0 aliphatic rings. The minimum atomic E-state index is -0.244. The van der Waals surface area contributed by atoms with E-state index in [-0.39, 0.29) is 6.15 Å². The molecular formula is C12H21BP-. The second-order valence-corrected chi connectivity index (χ2v) is 5.45. The van der Waals surface area contributed by atoms with E-state index < -0.39 is 0 Å². The third-order valence-corrected chi connectivity index (χ3v) is 5.47. The smallest absolute Gasteiger partial charge is 0.0326 e. The summed E-state index contributed by atoms with van der Waals surface area (Å²) in [7, 11) is 1.44. The third kappa shape index (κ3) is 2.03. The van der Waals surface area contributed by atoms with Crippen molar-refractivity contribution in [3.63, 3.8) is 0 Å². The van der Waals surface area contributed by atoms with Crippen LogP contribution in [-0.4, -0.2) is 6.15 Å². The van der Waals surface area contributed by atoms with Crippen LogP contribution in [0.5, 0.6) is 0 Å². The van der Waals surface area contributed by atoms with Gasteiger partial charge in [0.05, 0.1) is 0 Å². The fourth-order valence-electron chi connectivity index (χ4n) is 2.59. The maximum absolute atomic E-state index is 2.35. The maximum atomic E-state index is 2.35. The standard InChI is InChI=1S/C12H21BP/c1-5-13(6-2,7-3)12-11(4)9-8-10-14-12/h8-10H,5-7H2,1-4H3/q-1. The van der Waals surface area contributed by atoms with Gasteiger partial charge in [0.2, 0.25) is 0 Å². The van der Waals surface area contributed by atoms with E-state index in [1.54, 1.807) is 5.19 Å². The van der Waals surface area contributed by atoms with Crippen LogP contribution >= 0.6 is 8.19 Å². The average molecular weight is 207 g/mol. The lowest BCUT2D eigenvalue weighted by Crippen LogP contribution is -2.45. The molecule has 0 bridgehead atoms. The quantitative estimate of drug-likeness (QED) is 0.646. The number of rotatable bonds is 4. The van der Waals surface area contributed by atoms with Gasteiger partial charge >= 0.3 is 0 Å². The van der Waals surface area contributed by atoms with Gasteiger partial charge in [-0.25, -0.2) is 0 Å². The highest BCUT2D eigenvalue weighted by atomic mass is 31.0. The zero-order valence-corrected chi connectivity index (χ0v) is 10.8. The highest BCUT2D eigenvalue weighted by Crippen LogP contribution is 2.24. The van der Waals surface area contributed by atoms with Crippen molar-refractivity contribution in [1.82, 2.24) is 0 Å². The van der Waals surface area contributed by atoms with Crippen LogP contribution in [0.2, 0.25) is 19.0 Å². The van der Waals surface area contributed by atoms with Gasteiger partial charge < -0.3 is 0 Å². The van der Waals surface area contributed by atoms with Crippen LogP contribution in [-0.2, 0) is 0 Å². The molecule has 0 spiro atoms. The molecule has 0 aromatic carbocycles. The zero-order valence-electron chi connectivity index (χ0n) is 9.88. The molecule has 0 N–H and O–H groups in total. The van der Waals surface area contributed by atoms with Gasteiger partial charge in [-0.3, -0.25) is 0 Å². The highest BCUT2D eigenvalue weighted by Gasteiger charge is 2.21. The van der Waals surface area contributed by atoms with Gasteiger partial charge in [-0.15, -0.1) is 8.19 Å². The van der Waals surface area contributed by atoms with Crippen molar-refractivity contribution in [1.29, 1.82) is 0 Å². The van der Waals surface area contributed by atoms with E-state index in [1.165, 1.54) is 32.7 Å². The van der Waals surface area contributed by atoms with E-state index in [4.69, 9.17) is 0 Å². The second kappa shape index (κ2) is 4.98. The van der Waals surface area contributed by atoms with Crippen LogP contribution in [0.25, 0.3) is 0 Å². The molecule has 0 aliphatic heterocycles. The summed E-state index contributed by atoms with van der Waals surface area (Å²) in [6, 6.07) is 4.45. The van der Waals surface area contributed by atoms with Crippen molar-refractivity contribution in [2.75, 3.05) is 0 Å². The Labute approximate surface area is 90.1 Å². The van der Waals surface area contributed by atoms with E-state index in [9.17, 15) is 0 Å². The van der Waals surface area contributed by atoms with Gasteiger partial charge in [0.1, 0.15) is 0 Å². The van der Waals surface area contributed by atoms with Crippen molar-refractivity contribution in [3.05, 3.63) is 23.5 Å². The minimum Gasteiger partial charge on any atom is -0.180 e. The van der Waals surface area contributed by atoms with Crippen molar-refractivity contribution >= 4 is 19.5 Å². The summed E-state index contributed by atoms with van der Waals surface area (Å²) in [5, 5.41) is 1.71. The Morgan fingerprint density at radius 2 is 1.71 bits per heavy atom. The normalized spacial score (nSPS) is 12.3. The number of aryl methyl sites for hydroxylation is 1. The molecule has 1 aromatic rings. The second-order valence-electron chi connectivity index (χ2n) is 4.41. The van der Waals surface area contributed by atoms with Crippen molar-refractivity contribution < 1.29 is 0 Å². The lowest BCUT2D eigenvalue weighted by Gasteiger charge is -2.38. The summed E-state index contributed by atoms with van der Waals surface area (Å²) >= 11 is 0. The molecule has 0 saturated heterocycles. The predicted molar refractivity (Wildman–Crippen MR) is 70.5 cm³/mol. The molecule has 0 nitrogen and oxygen atoms in total. The molecule has 0 saturated carbocycles. The molecule has 0 unspecified atom stereocenters. The van der Waals surface area contributed by atoms with Crippen molar-refractivity contribution in [3.8, 4) is 0 Å². The Morgan fingerprint density at radius 1 is 1.14 bits per heavy atom. The van der Waals surface area contributed by atoms with Crippen LogP contribution in [0.15, 0.2) is 17.9 Å². The minimum absolute atomic E-state index is 0.244. The topological polar surface area (TPSA) is 0 Å². The van der Waals surface area contributed by atoms with Crippen LogP contribution in [0.1, 0.15) is 26.3 Å². The first-order valence-corrected chi connectivity index (χ1v) is 6.79. The van der Waals surface area contributed by atoms with Crippen LogP contribution < -0.4 is 5.19 Å². The van der Waals surface area contributed by atoms with Gasteiger partial charge in [-0.2, -0.15) is 24.2 Å². The Hall–Kier alpha value is -0.285. The molecule has 0 aliphatic carbocycles. The van der Waals surface area contributed by atoms with E-state index in [1.807, 2.05) is 0 Å². The SMILES string of the molecule is CC[B-](CC)(CC)c1pcccc1C. The summed E-state index contributed by atoms with van der Waals surface area (Å²) in [6.07, 6.45) is 3.74. The fourth-order valence-corrected chi connectivity index (χ4v) is 4.06. The van der Waals surface area contributed by atoms with Gasteiger partial charge in [-0.05, 0) is 12.7 Å². The molecule has 1 rings (SSSR count). The molecular weight excluding hydrogens is 186 g/mol. The summed E-state index contributed by atoms with van der Waals surface area (Å²) in [5.41, 5.74) is 1.51. The molecule has 1 aromatic heterocycles. The lowest BCUT2D eigenvalue weighted by atomic mass is 9.19. The van der Waals surface area contributed by atoms with E-state index >= 15 is 0 Å². The molecule has 0 fully saturated rings. The van der Waals surface area contributed by atoms with Crippen molar-refractivity contribution in [2.24, 2.45) is 0 Å². The Kier molecular flexibility index (Phi) is 4.19. The Bertz CT molecular complexity index is 284. The Morgan fingerprint density at radius 3 is 2.14 bits per heavy atom. The molecule has 0 radical (unpaired) electrons. The summed E-state index contributed by atoms with van der Waals surface area (Å²) in [4.78, 5) is 0. The highest BCUT2D eigenvalue weighted by molar-refractivity contribution is 7.40. The maximum Gasteiger partial charge on any atom is 0.0326 e. The van der Waals surface area contributed by atoms with Crippen LogP contribution in [0, 0.1) is 6.92 Å². The van der Waals surface area contributed by atoms with E-state index in [0.717, 1.165) is 0 Å². The van der Waals surface area contributed by atoms with E-state index in [2.05, 4.69) is 45.6 Å². The van der Waals surface area contributed by atoms with Gasteiger partial charge in [0.15, 0.2) is 0 Å². The first kappa shape index (κ1) is 11.8. The number of hydrogen-bond acceptors (Lipinski definition) is 0. The molecule has 78 valence electrons. The zero-order chi connectivity index (χ0) is 10.6. The predicted octanol–water partition coefficient (Wildman–Crippen LogP) is 4.29. The summed E-state index contributed by atoms with van der Waals surface area (Å²) < 4.78 is 0. The van der Waals surface area contributed by atoms with Gasteiger partial charge in [0, 0.05) is 6.15 Å². The molecule has 14 heavy (non-hydrogen) atoms. The van der Waals surface area contributed by atoms with Crippen LogP contribution in [0.3, 0.4) is 0 Å². The largest absolute Gasteiger partial charge is 0.180 e. The lowest BCUT2D eigenvalue weighted by molar-refractivity contribution is 1.20. The molecule has 1 heterocycles. The monoisotopic (exact) mass is 207 g/mol. The first-order valence-electron chi connectivity index (χ1n) is 5.82. The van der Waals surface area contributed by atoms with E-state index in [0.29, 0.717) is 0 Å². The van der Waals surface area contributed by atoms with Crippen molar-refractivity contribution in [2.45, 2.75) is 46.7 Å². The number of hydrogen-bond donors (Lipinski definition) is 0. The average Bonchev–Trinajstić information content (AvgIpc) is 2.24. The molecule has 2 heteroatoms. The molecule has 0 atom stereocenters. The van der Waals surface area contributed by atoms with Gasteiger partial charge in [0.25, 0.3) is 0 Å². The van der Waals surface area contributed by atoms with Crippen LogP contribution in [0.4, 0.5) is 0 Å². The fraction of sp³-hybridized carbons (Fsp3) is 0.583. The third-order valence-electron chi connectivity index (χ3n) is 3.97. The Balaban J connectivity index is 3.17. The first-order chi connectivity index (χ1) is 6.70. The summed E-state index contributed by atoms with van der Waals surface area (Å²) in [6.45, 7) is 9.31. The van der Waals surface area contributed by atoms with Gasteiger partial charge in [-0.1, -0.05) is 38.5 Å². The summed E-state index contributed by atoms with van der Waals surface area (Å²) in [5.74, 6) is 2.28. The molecule has 0 amide bonds.